The number of benzene rings is 5. The van der Waals surface area contributed by atoms with Crippen molar-refractivity contribution in [2.45, 2.75) is 23.1 Å². The van der Waals surface area contributed by atoms with Crippen molar-refractivity contribution in [2.75, 3.05) is 23.6 Å². The number of carbonyl (C=O) groups excluding carboxylic acids is 3. The van der Waals surface area contributed by atoms with Crippen LogP contribution in [0.3, 0.4) is 0 Å². The van der Waals surface area contributed by atoms with E-state index < -0.39 is 70.3 Å². The third-order valence-electron chi connectivity index (χ3n) is 10.5. The summed E-state index contributed by atoms with van der Waals surface area (Å²) >= 11 is 5.34. The molecule has 0 aliphatic carbocycles. The molecule has 2 unspecified atom stereocenters. The van der Waals surface area contributed by atoms with Crippen molar-refractivity contribution in [1.29, 1.82) is 0 Å². The molecule has 318 valence electrons. The standard InChI is InChI=1S/C47H38ClN5O8S2/c48-26-32-29-63(59)44-39(43(56)53(44)40(32)45(57)58)50-42(55)38(52-60-27-37(54)61-41(30-16-6-1-7-17-30)31-18-8-2-9-19-31)36-28-62-46(49-36)51-47(33-20-10-3-11-21-33,34-22-12-4-13-23-34)35-24-14-5-15-25-35/h1-25,28,39,41,44H,26-27,29H2,(H,49,51)(H,50,55)(H,57,58)/b52-38-/t39?,44-,63?/m1/s1. The topological polar surface area (TPSA) is 183 Å². The van der Waals surface area contributed by atoms with E-state index in [0.717, 1.165) is 32.7 Å². The lowest BCUT2D eigenvalue weighted by atomic mass is 9.77. The molecule has 3 atom stereocenters. The molecule has 13 nitrogen and oxygen atoms in total. The average molecular weight is 900 g/mol. The Morgan fingerprint density at radius 3 is 1.86 bits per heavy atom. The minimum atomic E-state index is -1.80. The molecule has 1 fully saturated rings. The number of esters is 1. The van der Waals surface area contributed by atoms with Crippen LogP contribution < -0.4 is 10.6 Å². The Morgan fingerprint density at radius 1 is 0.857 bits per heavy atom. The number of alkyl halides is 1. The number of amides is 2. The number of carboxylic acids is 1. The predicted molar refractivity (Wildman–Crippen MR) is 239 cm³/mol. The van der Waals surface area contributed by atoms with E-state index in [1.165, 1.54) is 11.3 Å². The zero-order chi connectivity index (χ0) is 43.9. The van der Waals surface area contributed by atoms with E-state index in [2.05, 4.69) is 15.8 Å². The molecule has 2 aliphatic heterocycles. The Morgan fingerprint density at radius 2 is 1.37 bits per heavy atom. The molecule has 16 heteroatoms. The first-order chi connectivity index (χ1) is 30.7. The number of oxime groups is 1. The van der Waals surface area contributed by atoms with E-state index in [1.54, 1.807) is 5.38 Å². The molecule has 3 heterocycles. The van der Waals surface area contributed by atoms with Gasteiger partial charge in [-0.1, -0.05) is 157 Å². The van der Waals surface area contributed by atoms with Crippen molar-refractivity contribution < 1.29 is 38.4 Å². The number of hydrogen-bond donors (Lipinski definition) is 3. The van der Waals surface area contributed by atoms with Crippen LogP contribution in [0.1, 0.15) is 39.6 Å². The smallest absolute Gasteiger partial charge is 0.352 e. The normalized spacial score (nSPS) is 17.4. The number of carboxylic acid groups (broad SMARTS) is 1. The highest BCUT2D eigenvalue weighted by atomic mass is 35.5. The van der Waals surface area contributed by atoms with Gasteiger partial charge < -0.3 is 29.9 Å². The molecule has 1 saturated heterocycles. The summed E-state index contributed by atoms with van der Waals surface area (Å²) in [5, 5.41) is 21.0. The molecular formula is C47H38ClN5O8S2. The van der Waals surface area contributed by atoms with Crippen LogP contribution in [-0.2, 0) is 45.5 Å². The lowest BCUT2D eigenvalue weighted by Gasteiger charge is -2.48. The fraction of sp³-hybridized carbons (Fsp3) is 0.149. The monoisotopic (exact) mass is 899 g/mol. The Kier molecular flexibility index (Phi) is 13.0. The third-order valence-corrected chi connectivity index (χ3v) is 13.3. The first-order valence-electron chi connectivity index (χ1n) is 19.6. The number of β-lactam (4-membered cyclic amide) rings is 1. The number of nitrogens with one attached hydrogen (secondary N) is 2. The number of aromatic nitrogens is 1. The van der Waals surface area contributed by atoms with Crippen LogP contribution in [-0.4, -0.2) is 78.7 Å². The van der Waals surface area contributed by atoms with Gasteiger partial charge in [0.1, 0.15) is 22.7 Å². The molecule has 2 amide bonds. The van der Waals surface area contributed by atoms with Gasteiger partial charge in [-0.25, -0.2) is 14.6 Å². The molecule has 1 aromatic heterocycles. The minimum absolute atomic E-state index is 0.0202. The number of aliphatic carboxylic acids is 1. The molecule has 3 N–H and O–H groups in total. The summed E-state index contributed by atoms with van der Waals surface area (Å²) in [6.45, 7) is -0.710. The molecule has 5 aromatic carbocycles. The largest absolute Gasteiger partial charge is 0.614 e. The summed E-state index contributed by atoms with van der Waals surface area (Å²) in [5.41, 5.74) is 2.55. The van der Waals surface area contributed by atoms with E-state index in [1.807, 2.05) is 152 Å². The first-order valence-corrected chi connectivity index (χ1v) is 22.4. The van der Waals surface area contributed by atoms with Crippen molar-refractivity contribution in [2.24, 2.45) is 5.16 Å². The molecule has 0 bridgehead atoms. The number of hydrogen-bond acceptors (Lipinski definition) is 11. The number of rotatable bonds is 16. The predicted octanol–water partition coefficient (Wildman–Crippen LogP) is 6.59. The minimum Gasteiger partial charge on any atom is -0.614 e. The summed E-state index contributed by atoms with van der Waals surface area (Å²) in [6.07, 6.45) is -0.769. The highest BCUT2D eigenvalue weighted by Gasteiger charge is 2.61. The van der Waals surface area contributed by atoms with Gasteiger partial charge in [0.25, 0.3) is 11.8 Å². The molecule has 6 aromatic rings. The number of carbonyl (C=O) groups is 4. The third kappa shape index (κ3) is 8.81. The van der Waals surface area contributed by atoms with Crippen molar-refractivity contribution in [3.63, 3.8) is 0 Å². The lowest BCUT2D eigenvalue weighted by Crippen LogP contribution is -2.75. The van der Waals surface area contributed by atoms with Gasteiger partial charge in [0.05, 0.1) is 5.88 Å². The van der Waals surface area contributed by atoms with Crippen LogP contribution in [0.4, 0.5) is 5.13 Å². The SMILES string of the molecule is O=C(CO/N=C(\C(=O)NC1C(=O)N2C(C(=O)O)=C(CCl)C[S+]([O-])[C@H]12)c1csc(NC(c2ccccc2)(c2ccccc2)c2ccccc2)n1)OC(c1ccccc1)c1ccccc1. The number of thiazole rings is 1. The fourth-order valence-corrected chi connectivity index (χ4v) is 10.4. The number of anilines is 1. The number of ether oxygens (including phenoxy) is 1. The zero-order valence-electron chi connectivity index (χ0n) is 33.2. The van der Waals surface area contributed by atoms with Crippen molar-refractivity contribution in [3.05, 3.63) is 202 Å². The summed E-state index contributed by atoms with van der Waals surface area (Å²) in [4.78, 5) is 64.6. The highest BCUT2D eigenvalue weighted by Crippen LogP contribution is 2.41. The molecule has 63 heavy (non-hydrogen) atoms. The summed E-state index contributed by atoms with van der Waals surface area (Å²) in [5.74, 6) is -4.38. The van der Waals surface area contributed by atoms with Gasteiger partial charge in [0, 0.05) is 11.0 Å². The summed E-state index contributed by atoms with van der Waals surface area (Å²) < 4.78 is 19.2. The van der Waals surface area contributed by atoms with E-state index >= 15 is 0 Å². The molecule has 0 spiro atoms. The molecule has 8 rings (SSSR count). The van der Waals surface area contributed by atoms with Crippen LogP contribution in [0.15, 0.2) is 173 Å². The summed E-state index contributed by atoms with van der Waals surface area (Å²) in [7, 11) is 0. The second kappa shape index (κ2) is 19.1. The number of fused-ring (bicyclic) bond motifs is 1. The van der Waals surface area contributed by atoms with E-state index in [-0.39, 0.29) is 28.6 Å². The number of halogens is 1. The van der Waals surface area contributed by atoms with Gasteiger partial charge in [0.15, 0.2) is 23.0 Å². The van der Waals surface area contributed by atoms with Gasteiger partial charge >= 0.3 is 11.9 Å². The molecule has 0 saturated carbocycles. The maximum absolute atomic E-state index is 14.3. The van der Waals surface area contributed by atoms with Crippen molar-refractivity contribution >= 4 is 68.7 Å². The van der Waals surface area contributed by atoms with Gasteiger partial charge in [-0.3, -0.25) is 14.5 Å². The summed E-state index contributed by atoms with van der Waals surface area (Å²) in [6, 6.07) is 46.4. The van der Waals surface area contributed by atoms with Crippen molar-refractivity contribution in [3.8, 4) is 0 Å². The highest BCUT2D eigenvalue weighted by molar-refractivity contribution is 7.92. The molecular weight excluding hydrogens is 862 g/mol. The Hall–Kier alpha value is -6.78. The van der Waals surface area contributed by atoms with E-state index in [4.69, 9.17) is 26.2 Å². The van der Waals surface area contributed by atoms with E-state index in [0.29, 0.717) is 5.13 Å². The Balaban J connectivity index is 1.11. The van der Waals surface area contributed by atoms with Gasteiger partial charge in [-0.05, 0) is 39.0 Å². The van der Waals surface area contributed by atoms with Crippen molar-refractivity contribution in [1.82, 2.24) is 15.2 Å². The van der Waals surface area contributed by atoms with Crippen LogP contribution >= 0.6 is 22.9 Å². The van der Waals surface area contributed by atoms with Gasteiger partial charge in [-0.2, -0.15) is 0 Å². The lowest BCUT2D eigenvalue weighted by molar-refractivity contribution is -0.153. The second-order valence-electron chi connectivity index (χ2n) is 14.4. The first kappa shape index (κ1) is 42.9. The quantitative estimate of drug-likeness (QED) is 0.0182. The van der Waals surface area contributed by atoms with Crippen LogP contribution in [0.2, 0.25) is 0 Å². The number of nitrogens with zero attached hydrogens (tertiary/aromatic N) is 3. The molecule has 2 aliphatic rings. The van der Waals surface area contributed by atoms with E-state index in [9.17, 15) is 28.8 Å². The molecule has 0 radical (unpaired) electrons. The van der Waals surface area contributed by atoms with Gasteiger partial charge in [-0.15, -0.1) is 22.9 Å². The maximum atomic E-state index is 14.3. The maximum Gasteiger partial charge on any atom is 0.352 e. The Labute approximate surface area is 374 Å². The van der Waals surface area contributed by atoms with Gasteiger partial charge in [0.2, 0.25) is 12.0 Å². The fourth-order valence-electron chi connectivity index (χ4n) is 7.65. The zero-order valence-corrected chi connectivity index (χ0v) is 35.6. The van der Waals surface area contributed by atoms with Crippen LogP contribution in [0, 0.1) is 0 Å². The second-order valence-corrected chi connectivity index (χ2v) is 17.0. The average Bonchev–Trinajstić information content (AvgIpc) is 3.79. The van der Waals surface area contributed by atoms with Crippen LogP contribution in [0.25, 0.3) is 0 Å². The van der Waals surface area contributed by atoms with Crippen LogP contribution in [0.5, 0.6) is 0 Å². The Bertz CT molecular complexity index is 2520.